The smallest absolute Gasteiger partial charge is 0.270 e. The zero-order valence-electron chi connectivity index (χ0n) is 16.1. The van der Waals surface area contributed by atoms with Gasteiger partial charge in [-0.05, 0) is 25.3 Å². The Morgan fingerprint density at radius 1 is 1.21 bits per heavy atom. The Labute approximate surface area is 164 Å². The van der Waals surface area contributed by atoms with Gasteiger partial charge in [0.15, 0.2) is 0 Å². The molecule has 0 spiro atoms. The highest BCUT2D eigenvalue weighted by molar-refractivity contribution is 5.96. The van der Waals surface area contributed by atoms with Gasteiger partial charge in [0.25, 0.3) is 5.91 Å². The molecule has 0 saturated carbocycles. The molecule has 2 N–H and O–H groups in total. The lowest BCUT2D eigenvalue weighted by Gasteiger charge is -2.38. The summed E-state index contributed by atoms with van der Waals surface area (Å²) >= 11 is 0. The summed E-state index contributed by atoms with van der Waals surface area (Å²) in [5, 5.41) is 12.5. The molecule has 0 bridgehead atoms. The number of rotatable bonds is 5. The number of amides is 1. The third kappa shape index (κ3) is 4.00. The number of fused-ring (bicyclic) bond motifs is 1. The van der Waals surface area contributed by atoms with Crippen molar-refractivity contribution in [3.8, 4) is 0 Å². The summed E-state index contributed by atoms with van der Waals surface area (Å²) in [6.45, 7) is 3.79. The van der Waals surface area contributed by atoms with Gasteiger partial charge < -0.3 is 20.1 Å². The normalized spacial score (nSPS) is 21.9. The third-order valence-electron chi connectivity index (χ3n) is 5.22. The third-order valence-corrected chi connectivity index (χ3v) is 5.22. The molecule has 0 aliphatic carbocycles. The van der Waals surface area contributed by atoms with Crippen LogP contribution in [0.2, 0.25) is 0 Å². The van der Waals surface area contributed by atoms with Gasteiger partial charge in [-0.1, -0.05) is 30.3 Å². The number of hydrogen-bond donors (Lipinski definition) is 2. The summed E-state index contributed by atoms with van der Waals surface area (Å²) in [5.74, 6) is 1.36. The van der Waals surface area contributed by atoms with Crippen molar-refractivity contribution >= 4 is 11.7 Å². The Morgan fingerprint density at radius 3 is 2.82 bits per heavy atom. The van der Waals surface area contributed by atoms with Gasteiger partial charge in [0.2, 0.25) is 0 Å². The average molecular weight is 382 g/mol. The molecule has 0 radical (unpaired) electrons. The van der Waals surface area contributed by atoms with Crippen LogP contribution >= 0.6 is 0 Å². The Morgan fingerprint density at radius 2 is 2.04 bits per heavy atom. The average Bonchev–Trinajstić information content (AvgIpc) is 2.72. The van der Waals surface area contributed by atoms with Crippen LogP contribution in [0, 0.1) is 0 Å². The number of hydrogen-bond acceptors (Lipinski definition) is 6. The molecule has 7 nitrogen and oxygen atoms in total. The van der Waals surface area contributed by atoms with Crippen LogP contribution in [0.5, 0.6) is 0 Å². The molecule has 2 aromatic rings. The Balaban J connectivity index is 1.66. The number of aryl methyl sites for hydroxylation is 2. The van der Waals surface area contributed by atoms with Crippen LogP contribution in [-0.2, 0) is 24.0 Å². The van der Waals surface area contributed by atoms with Crippen molar-refractivity contribution < 1.29 is 14.6 Å². The second-order valence-electron chi connectivity index (χ2n) is 7.44. The molecule has 2 aliphatic rings. The first-order valence-electron chi connectivity index (χ1n) is 9.87. The minimum Gasteiger partial charge on any atom is -0.394 e. The van der Waals surface area contributed by atoms with E-state index in [1.807, 2.05) is 25.1 Å². The van der Waals surface area contributed by atoms with Gasteiger partial charge in [-0.15, -0.1) is 0 Å². The van der Waals surface area contributed by atoms with Crippen LogP contribution in [0.3, 0.4) is 0 Å². The second kappa shape index (κ2) is 8.24. The lowest BCUT2D eigenvalue weighted by atomic mass is 10.0. The summed E-state index contributed by atoms with van der Waals surface area (Å²) in [4.78, 5) is 24.0. The van der Waals surface area contributed by atoms with E-state index in [4.69, 9.17) is 9.72 Å². The number of aromatic nitrogens is 2. The number of nitrogens with zero attached hydrogens (tertiary/aromatic N) is 3. The molecular formula is C21H26N4O3. The molecule has 28 heavy (non-hydrogen) atoms. The van der Waals surface area contributed by atoms with E-state index in [2.05, 4.69) is 27.3 Å². The molecular weight excluding hydrogens is 356 g/mol. The summed E-state index contributed by atoms with van der Waals surface area (Å²) in [5.41, 5.74) is 2.60. The highest BCUT2D eigenvalue weighted by Gasteiger charge is 2.31. The van der Waals surface area contributed by atoms with E-state index in [0.29, 0.717) is 44.0 Å². The first-order valence-corrected chi connectivity index (χ1v) is 9.87. The van der Waals surface area contributed by atoms with E-state index >= 15 is 0 Å². The molecule has 1 saturated heterocycles. The fraction of sp³-hybridized carbons (Fsp3) is 0.476. The van der Waals surface area contributed by atoms with Crippen molar-refractivity contribution in [2.75, 3.05) is 31.1 Å². The Kier molecular flexibility index (Phi) is 5.54. The van der Waals surface area contributed by atoms with Gasteiger partial charge in [-0.2, -0.15) is 0 Å². The molecule has 0 unspecified atom stereocenters. The maximum absolute atomic E-state index is 12.4. The predicted molar refractivity (Wildman–Crippen MR) is 106 cm³/mol. The van der Waals surface area contributed by atoms with Gasteiger partial charge >= 0.3 is 0 Å². The first-order chi connectivity index (χ1) is 13.6. The number of anilines is 1. The lowest BCUT2D eigenvalue weighted by Crippen LogP contribution is -2.49. The topological polar surface area (TPSA) is 87.6 Å². The fourth-order valence-electron chi connectivity index (χ4n) is 3.91. The van der Waals surface area contributed by atoms with E-state index in [1.165, 1.54) is 5.56 Å². The highest BCUT2D eigenvalue weighted by Crippen LogP contribution is 2.27. The van der Waals surface area contributed by atoms with Crippen LogP contribution < -0.4 is 10.2 Å². The quantitative estimate of drug-likeness (QED) is 0.806. The number of morpholine rings is 1. The minimum absolute atomic E-state index is 0.0123. The molecule has 2 aliphatic heterocycles. The summed E-state index contributed by atoms with van der Waals surface area (Å²) in [6, 6.07) is 10.2. The SMILES string of the molecule is C[C@@H]1CN(c2nc(CCc3ccccc3)nc3c2CCNC3=O)C[C@@H](CO)O1. The first kappa shape index (κ1) is 18.8. The molecule has 1 aromatic carbocycles. The van der Waals surface area contributed by atoms with Crippen LogP contribution in [-0.4, -0.2) is 59.4 Å². The fourth-order valence-corrected chi connectivity index (χ4v) is 3.91. The Bertz CT molecular complexity index is 843. The van der Waals surface area contributed by atoms with Gasteiger partial charge in [-0.25, -0.2) is 9.97 Å². The molecule has 1 amide bonds. The minimum atomic E-state index is -0.250. The highest BCUT2D eigenvalue weighted by atomic mass is 16.5. The zero-order chi connectivity index (χ0) is 19.5. The molecule has 1 fully saturated rings. The molecule has 7 heteroatoms. The van der Waals surface area contributed by atoms with Crippen LogP contribution in [0.15, 0.2) is 30.3 Å². The van der Waals surface area contributed by atoms with Crippen molar-refractivity contribution in [2.24, 2.45) is 0 Å². The lowest BCUT2D eigenvalue weighted by molar-refractivity contribution is -0.0423. The number of carbonyl (C=O) groups excluding carboxylic acids is 1. The molecule has 4 rings (SSSR count). The standard InChI is InChI=1S/C21H26N4O3/c1-14-11-25(12-16(13-26)28-14)20-17-9-10-22-21(27)19(17)23-18(24-20)8-7-15-5-3-2-4-6-15/h2-6,14,16,26H,7-13H2,1H3,(H,22,27)/t14-,16+/m1/s1. The van der Waals surface area contributed by atoms with Crippen LogP contribution in [0.25, 0.3) is 0 Å². The number of nitrogens with one attached hydrogen (secondary N) is 1. The van der Waals surface area contributed by atoms with Crippen molar-refractivity contribution in [3.63, 3.8) is 0 Å². The van der Waals surface area contributed by atoms with E-state index in [1.54, 1.807) is 0 Å². The summed E-state index contributed by atoms with van der Waals surface area (Å²) in [7, 11) is 0. The van der Waals surface area contributed by atoms with Gasteiger partial charge in [0.05, 0.1) is 18.8 Å². The molecule has 2 atom stereocenters. The van der Waals surface area contributed by atoms with Gasteiger partial charge in [0, 0.05) is 31.6 Å². The van der Waals surface area contributed by atoms with Crippen molar-refractivity contribution in [3.05, 3.63) is 53.0 Å². The number of aliphatic hydroxyl groups is 1. The van der Waals surface area contributed by atoms with Crippen molar-refractivity contribution in [1.82, 2.24) is 15.3 Å². The van der Waals surface area contributed by atoms with Crippen molar-refractivity contribution in [2.45, 2.75) is 38.4 Å². The van der Waals surface area contributed by atoms with Crippen LogP contribution in [0.4, 0.5) is 5.82 Å². The van der Waals surface area contributed by atoms with E-state index in [9.17, 15) is 9.90 Å². The summed E-state index contributed by atoms with van der Waals surface area (Å²) in [6.07, 6.45) is 1.94. The monoisotopic (exact) mass is 382 g/mol. The summed E-state index contributed by atoms with van der Waals surface area (Å²) < 4.78 is 5.77. The second-order valence-corrected chi connectivity index (χ2v) is 7.44. The number of ether oxygens (including phenoxy) is 1. The largest absolute Gasteiger partial charge is 0.394 e. The molecule has 1 aromatic heterocycles. The maximum Gasteiger partial charge on any atom is 0.270 e. The number of aliphatic hydroxyl groups excluding tert-OH is 1. The zero-order valence-corrected chi connectivity index (χ0v) is 16.1. The molecule has 3 heterocycles. The maximum atomic E-state index is 12.4. The predicted octanol–water partition coefficient (Wildman–Crippen LogP) is 1.13. The molecule has 148 valence electrons. The van der Waals surface area contributed by atoms with Gasteiger partial charge in [0.1, 0.15) is 17.3 Å². The van der Waals surface area contributed by atoms with E-state index in [-0.39, 0.29) is 24.7 Å². The van der Waals surface area contributed by atoms with Crippen molar-refractivity contribution in [1.29, 1.82) is 0 Å². The number of benzene rings is 1. The number of carbonyl (C=O) groups is 1. The van der Waals surface area contributed by atoms with E-state index < -0.39 is 0 Å². The van der Waals surface area contributed by atoms with Crippen LogP contribution in [0.1, 0.15) is 34.4 Å². The van der Waals surface area contributed by atoms with E-state index in [0.717, 1.165) is 17.8 Å². The van der Waals surface area contributed by atoms with Gasteiger partial charge in [-0.3, -0.25) is 4.79 Å². The Hall–Kier alpha value is -2.51.